The number of fused-ring (bicyclic) bond motifs is 1. The maximum Gasteiger partial charge on any atom is 0.273 e. The van der Waals surface area contributed by atoms with Crippen molar-refractivity contribution in [2.45, 2.75) is 26.3 Å². The first-order valence-corrected chi connectivity index (χ1v) is 11.4. The third-order valence-corrected chi connectivity index (χ3v) is 6.48. The van der Waals surface area contributed by atoms with E-state index in [1.54, 1.807) is 7.11 Å². The van der Waals surface area contributed by atoms with Gasteiger partial charge in [0.15, 0.2) is 0 Å². The van der Waals surface area contributed by atoms with Gasteiger partial charge in [0, 0.05) is 17.7 Å². The van der Waals surface area contributed by atoms with Gasteiger partial charge in [-0.2, -0.15) is 5.10 Å². The zero-order valence-electron chi connectivity index (χ0n) is 19.5. The molecule has 0 radical (unpaired) electrons. The molecule has 1 aliphatic heterocycles. The van der Waals surface area contributed by atoms with Gasteiger partial charge in [0.25, 0.3) is 5.91 Å². The Hall–Kier alpha value is -4.06. The molecule has 2 N–H and O–H groups in total. The molecule has 6 heteroatoms. The Morgan fingerprint density at radius 2 is 1.79 bits per heavy atom. The van der Waals surface area contributed by atoms with Crippen LogP contribution in [0.15, 0.2) is 66.7 Å². The molecule has 0 fully saturated rings. The van der Waals surface area contributed by atoms with Crippen LogP contribution in [-0.4, -0.2) is 39.8 Å². The monoisotopic (exact) mass is 453 g/mol. The molecule has 172 valence electrons. The van der Waals surface area contributed by atoms with Gasteiger partial charge >= 0.3 is 0 Å². The number of amides is 1. The van der Waals surface area contributed by atoms with Crippen molar-refractivity contribution < 1.29 is 14.6 Å². The predicted octanol–water partition coefficient (Wildman–Crippen LogP) is 5.20. The van der Waals surface area contributed by atoms with E-state index in [9.17, 15) is 9.90 Å². The van der Waals surface area contributed by atoms with Gasteiger partial charge in [-0.1, -0.05) is 48.5 Å². The summed E-state index contributed by atoms with van der Waals surface area (Å²) in [5.74, 6) is 0.915. The Labute approximate surface area is 198 Å². The smallest absolute Gasteiger partial charge is 0.273 e. The fourth-order valence-electron chi connectivity index (χ4n) is 4.80. The van der Waals surface area contributed by atoms with Gasteiger partial charge in [0.05, 0.1) is 13.2 Å². The number of H-pyrrole nitrogens is 1. The van der Waals surface area contributed by atoms with Crippen LogP contribution in [0.1, 0.15) is 44.3 Å². The lowest BCUT2D eigenvalue weighted by Crippen LogP contribution is -2.31. The molecule has 0 saturated heterocycles. The van der Waals surface area contributed by atoms with Crippen LogP contribution in [0.5, 0.6) is 11.5 Å². The fourth-order valence-corrected chi connectivity index (χ4v) is 4.80. The summed E-state index contributed by atoms with van der Waals surface area (Å²) < 4.78 is 5.26. The number of rotatable bonds is 6. The van der Waals surface area contributed by atoms with Crippen LogP contribution in [0.25, 0.3) is 11.3 Å². The van der Waals surface area contributed by atoms with E-state index in [1.807, 2.05) is 85.5 Å². The highest BCUT2D eigenvalue weighted by Gasteiger charge is 2.42. The molecule has 4 aromatic rings. The van der Waals surface area contributed by atoms with Crippen LogP contribution in [0, 0.1) is 13.8 Å². The van der Waals surface area contributed by atoms with E-state index in [4.69, 9.17) is 4.74 Å². The third-order valence-electron chi connectivity index (χ3n) is 6.48. The van der Waals surface area contributed by atoms with Crippen molar-refractivity contribution in [3.63, 3.8) is 0 Å². The number of aromatic amines is 1. The first-order valence-electron chi connectivity index (χ1n) is 11.4. The van der Waals surface area contributed by atoms with Crippen LogP contribution >= 0.6 is 0 Å². The largest absolute Gasteiger partial charge is 0.507 e. The van der Waals surface area contributed by atoms with E-state index in [1.165, 1.54) is 0 Å². The lowest BCUT2D eigenvalue weighted by atomic mass is 9.94. The van der Waals surface area contributed by atoms with E-state index >= 15 is 0 Å². The number of benzene rings is 3. The molecule has 0 spiro atoms. The minimum Gasteiger partial charge on any atom is -0.507 e. The van der Waals surface area contributed by atoms with Crippen molar-refractivity contribution in [3.8, 4) is 22.8 Å². The van der Waals surface area contributed by atoms with Crippen molar-refractivity contribution in [1.82, 2.24) is 15.1 Å². The Balaban J connectivity index is 1.56. The fraction of sp³-hybridized carbons (Fsp3) is 0.214. The van der Waals surface area contributed by atoms with Crippen LogP contribution in [0.3, 0.4) is 0 Å². The molecule has 1 atom stereocenters. The molecule has 3 aromatic carbocycles. The number of aromatic hydroxyl groups is 1. The van der Waals surface area contributed by atoms with Crippen molar-refractivity contribution in [3.05, 3.63) is 100 Å². The summed E-state index contributed by atoms with van der Waals surface area (Å²) in [7, 11) is 1.65. The second-order valence-corrected chi connectivity index (χ2v) is 8.75. The number of ether oxygens (including phenoxy) is 1. The summed E-state index contributed by atoms with van der Waals surface area (Å²) >= 11 is 0. The van der Waals surface area contributed by atoms with Crippen molar-refractivity contribution >= 4 is 5.91 Å². The Bertz CT molecular complexity index is 1340. The summed E-state index contributed by atoms with van der Waals surface area (Å²) in [6.45, 7) is 4.41. The van der Waals surface area contributed by atoms with Crippen LogP contribution < -0.4 is 4.74 Å². The zero-order valence-corrected chi connectivity index (χ0v) is 19.5. The first-order chi connectivity index (χ1) is 16.5. The topological polar surface area (TPSA) is 78.5 Å². The number of carbonyl (C=O) groups excluding carboxylic acids is 1. The van der Waals surface area contributed by atoms with Crippen molar-refractivity contribution in [2.24, 2.45) is 0 Å². The molecule has 1 aromatic heterocycles. The molecule has 0 aliphatic carbocycles. The van der Waals surface area contributed by atoms with Gasteiger partial charge in [-0.25, -0.2) is 0 Å². The Kier molecular flexibility index (Phi) is 5.57. The van der Waals surface area contributed by atoms with Crippen molar-refractivity contribution in [2.75, 3.05) is 13.7 Å². The molecule has 1 amide bonds. The first kappa shape index (κ1) is 21.8. The molecule has 6 nitrogen and oxygen atoms in total. The maximum atomic E-state index is 13.5. The van der Waals surface area contributed by atoms with Gasteiger partial charge in [-0.3, -0.25) is 9.89 Å². The number of aryl methyl sites for hydroxylation is 2. The molecule has 1 unspecified atom stereocenters. The molecule has 34 heavy (non-hydrogen) atoms. The number of hydrogen-bond donors (Lipinski definition) is 2. The number of nitrogens with zero attached hydrogens (tertiary/aromatic N) is 2. The van der Waals surface area contributed by atoms with Gasteiger partial charge < -0.3 is 14.7 Å². The lowest BCUT2D eigenvalue weighted by Gasteiger charge is -2.26. The number of phenols is 1. The van der Waals surface area contributed by atoms with E-state index in [2.05, 4.69) is 10.2 Å². The summed E-state index contributed by atoms with van der Waals surface area (Å²) in [5.41, 5.74) is 6.50. The van der Waals surface area contributed by atoms with Crippen molar-refractivity contribution in [1.29, 1.82) is 0 Å². The molecule has 5 rings (SSSR count). The maximum absolute atomic E-state index is 13.5. The Morgan fingerprint density at radius 1 is 1.06 bits per heavy atom. The standard InChI is InChI=1S/C28H27N3O3/c1-17-15-18(2)27(32)22(16-17)24-23-25(30-29-24)28(33)31(26(23)20-7-5-4-6-8-20)14-13-19-9-11-21(34-3)12-10-19/h4-12,15-16,26,32H,13-14H2,1-3H3,(H,29,30). The summed E-state index contributed by atoms with van der Waals surface area (Å²) in [6.07, 6.45) is 0.709. The molecule has 1 aliphatic rings. The number of phenolic OH excluding ortho intramolecular Hbond substituents is 1. The van der Waals surface area contributed by atoms with Crippen LogP contribution in [-0.2, 0) is 6.42 Å². The predicted molar refractivity (Wildman–Crippen MR) is 131 cm³/mol. The molecular formula is C28H27N3O3. The van der Waals surface area contributed by atoms with Gasteiger partial charge in [-0.05, 0) is 60.7 Å². The SMILES string of the molecule is COc1ccc(CCN2C(=O)c3[nH]nc(-c4cc(C)cc(C)c4O)c3C2c2ccccc2)cc1. The summed E-state index contributed by atoms with van der Waals surface area (Å²) in [4.78, 5) is 15.4. The number of nitrogens with one attached hydrogen (secondary N) is 1. The van der Waals surface area contributed by atoms with Gasteiger partial charge in [0.1, 0.15) is 22.9 Å². The van der Waals surface area contributed by atoms with Gasteiger partial charge in [-0.15, -0.1) is 0 Å². The number of aromatic nitrogens is 2. The minimum absolute atomic E-state index is 0.0834. The molecule has 2 heterocycles. The highest BCUT2D eigenvalue weighted by atomic mass is 16.5. The number of carbonyl (C=O) groups is 1. The van der Waals surface area contributed by atoms with Gasteiger partial charge in [0.2, 0.25) is 0 Å². The van der Waals surface area contributed by atoms with Crippen LogP contribution in [0.2, 0.25) is 0 Å². The number of hydrogen-bond acceptors (Lipinski definition) is 4. The second kappa shape index (κ2) is 8.71. The molecule has 0 saturated carbocycles. The second-order valence-electron chi connectivity index (χ2n) is 8.75. The van der Waals surface area contributed by atoms with Crippen LogP contribution in [0.4, 0.5) is 0 Å². The summed E-state index contributed by atoms with van der Waals surface area (Å²) in [6, 6.07) is 21.5. The highest BCUT2D eigenvalue weighted by Crippen LogP contribution is 2.45. The normalized spacial score (nSPS) is 15.0. The molecular weight excluding hydrogens is 426 g/mol. The van der Waals surface area contributed by atoms with E-state index in [-0.39, 0.29) is 17.7 Å². The quantitative estimate of drug-likeness (QED) is 0.421. The lowest BCUT2D eigenvalue weighted by molar-refractivity contribution is 0.0746. The average Bonchev–Trinajstić information content (AvgIpc) is 3.39. The highest BCUT2D eigenvalue weighted by molar-refractivity contribution is 6.00. The Morgan fingerprint density at radius 3 is 2.50 bits per heavy atom. The van der Waals surface area contributed by atoms with E-state index in [0.29, 0.717) is 29.9 Å². The zero-order chi connectivity index (χ0) is 23.8. The average molecular weight is 454 g/mol. The van der Waals surface area contributed by atoms with E-state index in [0.717, 1.165) is 33.6 Å². The third kappa shape index (κ3) is 3.71. The molecule has 0 bridgehead atoms. The summed E-state index contributed by atoms with van der Waals surface area (Å²) in [5, 5.41) is 18.3. The van der Waals surface area contributed by atoms with E-state index < -0.39 is 0 Å². The number of methoxy groups -OCH3 is 1. The minimum atomic E-state index is -0.295.